The Morgan fingerprint density at radius 1 is 0.604 bits per heavy atom. The van der Waals surface area contributed by atoms with Crippen molar-refractivity contribution in [1.82, 2.24) is 37.7 Å². The van der Waals surface area contributed by atoms with E-state index < -0.39 is 36.3 Å². The number of nitrogen functional groups attached to an aromatic ring is 1. The number of nitrogens with two attached hydrogens (primary N) is 1. The maximum Gasteiger partial charge on any atom is 0.338 e. The number of likely N-dealkylation sites (N-methyl/N-ethyl adjacent to an activating group) is 4. The van der Waals surface area contributed by atoms with Crippen LogP contribution < -0.4 is 41.0 Å². The normalized spacial score (nSPS) is 11.1. The average Bonchev–Trinajstić information content (AvgIpc) is 1.70. The molecule has 4 heterocycles. The number of halogens is 3. The first kappa shape index (κ1) is 73.0. The minimum atomic E-state index is -3.52. The molecule has 1 amide bonds. The minimum Gasteiger partial charge on any atom is -0.494 e. The number of carbonyl (C=O) groups is 3. The highest BCUT2D eigenvalue weighted by atomic mass is 35.6. The van der Waals surface area contributed by atoms with Crippen LogP contribution in [0.3, 0.4) is 0 Å². The molecule has 0 atom stereocenters. The zero-order chi connectivity index (χ0) is 67.3. The van der Waals surface area contributed by atoms with Gasteiger partial charge in [-0.2, -0.15) is 0 Å². The molecule has 0 spiro atoms. The molecular weight excluding hydrogens is 1270 g/mol. The molecule has 91 heavy (non-hydrogen) atoms. The van der Waals surface area contributed by atoms with Crippen molar-refractivity contribution in [3.05, 3.63) is 148 Å². The number of ether oxygens (including phenoxy) is 3. The number of hydrogen-bond acceptors (Lipinski definition) is 21. The molecule has 0 saturated heterocycles. The van der Waals surface area contributed by atoms with Crippen molar-refractivity contribution in [2.24, 2.45) is 0 Å². The van der Waals surface area contributed by atoms with E-state index in [9.17, 15) is 31.2 Å². The number of nitrogens with zero attached hydrogens (tertiary/aromatic N) is 10. The number of amides is 1. The second-order valence-corrected chi connectivity index (χ2v) is 26.3. The van der Waals surface area contributed by atoms with E-state index in [4.69, 9.17) is 55.0 Å². The van der Waals surface area contributed by atoms with Crippen LogP contribution in [-0.4, -0.2) is 171 Å². The Labute approximate surface area is 546 Å². The van der Waals surface area contributed by atoms with Crippen molar-refractivity contribution in [2.75, 3.05) is 126 Å². The van der Waals surface area contributed by atoms with Gasteiger partial charge in [0.1, 0.15) is 11.5 Å². The van der Waals surface area contributed by atoms with Crippen molar-refractivity contribution in [1.29, 1.82) is 0 Å². The maximum absolute atomic E-state index is 12.8. The lowest BCUT2D eigenvalue weighted by Gasteiger charge is -2.26. The van der Waals surface area contributed by atoms with Crippen LogP contribution in [0.2, 0.25) is 0 Å². The van der Waals surface area contributed by atoms with Gasteiger partial charge < -0.3 is 55.5 Å². The van der Waals surface area contributed by atoms with Crippen LogP contribution in [0, 0.1) is 0 Å². The molecule has 0 saturated carbocycles. The average molecular weight is 1350 g/mol. The highest BCUT2D eigenvalue weighted by Crippen LogP contribution is 2.40. The SMILES string of the molecule is C=CC(=O)Nc1cc(Nc2nccc(-c3cn(S(=O)(=O)CC)c4ccccc34)n2)c(OC)cc1N(C)CCN(C)C.C=CC(=O)OC(=O)C=C.CCS(=O)(=O)n1cc(-c2ccnc(Nc3cc(N)c(N(C)CCN(C)C)cc3OC)n2)c2ccccc21.ClC(Cl)Cl. The molecule has 24 nitrogen and oxygen atoms in total. The van der Waals surface area contributed by atoms with E-state index >= 15 is 0 Å². The number of aromatic nitrogens is 6. The molecule has 4 aromatic carbocycles. The van der Waals surface area contributed by atoms with Gasteiger partial charge in [-0.3, -0.25) is 4.79 Å². The summed E-state index contributed by atoms with van der Waals surface area (Å²) < 4.78 is 68.2. The quantitative estimate of drug-likeness (QED) is 0.0144. The Morgan fingerprint density at radius 3 is 1.41 bits per heavy atom. The smallest absolute Gasteiger partial charge is 0.338 e. The third-order valence-electron chi connectivity index (χ3n) is 13.3. The predicted octanol–water partition coefficient (Wildman–Crippen LogP) is 10.2. The molecule has 0 aliphatic heterocycles. The first-order valence-corrected chi connectivity index (χ1v) is 32.3. The second-order valence-electron chi connectivity index (χ2n) is 20.0. The molecule has 486 valence electrons. The van der Waals surface area contributed by atoms with Crippen molar-refractivity contribution in [3.8, 4) is 34.0 Å². The van der Waals surface area contributed by atoms with Crippen molar-refractivity contribution >= 4 is 141 Å². The highest BCUT2D eigenvalue weighted by molar-refractivity contribution is 7.90. The highest BCUT2D eigenvalue weighted by Gasteiger charge is 2.23. The van der Waals surface area contributed by atoms with E-state index in [1.165, 1.54) is 14.0 Å². The topological polar surface area (TPSA) is 284 Å². The van der Waals surface area contributed by atoms with Crippen molar-refractivity contribution < 1.29 is 45.4 Å². The molecule has 8 rings (SSSR count). The zero-order valence-corrected chi connectivity index (χ0v) is 56.0. The van der Waals surface area contributed by atoms with Crippen LogP contribution in [0.1, 0.15) is 13.8 Å². The summed E-state index contributed by atoms with van der Waals surface area (Å²) in [4.78, 5) is 59.0. The van der Waals surface area contributed by atoms with Gasteiger partial charge in [-0.05, 0) is 84.5 Å². The summed E-state index contributed by atoms with van der Waals surface area (Å²) in [6, 6.07) is 25.4. The van der Waals surface area contributed by atoms with E-state index in [-0.39, 0.29) is 23.4 Å². The first-order chi connectivity index (χ1) is 43.1. The van der Waals surface area contributed by atoms with Crippen LogP contribution in [0.4, 0.5) is 46.0 Å². The molecule has 5 N–H and O–H groups in total. The third kappa shape index (κ3) is 20.1. The van der Waals surface area contributed by atoms with Gasteiger partial charge in [-0.15, -0.1) is 0 Å². The summed E-state index contributed by atoms with van der Waals surface area (Å²) in [5.74, 6) is -0.200. The first-order valence-electron chi connectivity index (χ1n) is 27.8. The molecule has 0 unspecified atom stereocenters. The molecular formula is C62H75Cl3N14O10S2. The second kappa shape index (κ2) is 33.9. The van der Waals surface area contributed by atoms with E-state index in [0.717, 1.165) is 53.9 Å². The van der Waals surface area contributed by atoms with Gasteiger partial charge in [0, 0.05) is 111 Å². The Bertz CT molecular complexity index is 4090. The number of alkyl halides is 3. The summed E-state index contributed by atoms with van der Waals surface area (Å²) in [7, 11) is 8.13. The predicted molar refractivity (Wildman–Crippen MR) is 368 cm³/mol. The molecule has 0 bridgehead atoms. The number of carbonyl (C=O) groups excluding carboxylic acids is 3. The van der Waals surface area contributed by atoms with Gasteiger partial charge in [-0.25, -0.2) is 54.3 Å². The van der Waals surface area contributed by atoms with Crippen LogP contribution in [0.15, 0.2) is 148 Å². The Morgan fingerprint density at radius 2 is 1.01 bits per heavy atom. The largest absolute Gasteiger partial charge is 0.494 e. The van der Waals surface area contributed by atoms with Gasteiger partial charge in [0.05, 0.1) is 82.3 Å². The molecule has 0 aliphatic carbocycles. The van der Waals surface area contributed by atoms with Crippen molar-refractivity contribution in [2.45, 2.75) is 18.1 Å². The van der Waals surface area contributed by atoms with Crippen LogP contribution in [0.5, 0.6) is 11.5 Å². The monoisotopic (exact) mass is 1340 g/mol. The minimum absolute atomic E-state index is 0.0107. The molecule has 29 heteroatoms. The van der Waals surface area contributed by atoms with E-state index in [1.807, 2.05) is 89.7 Å². The number of benzene rings is 4. The fourth-order valence-electron chi connectivity index (χ4n) is 8.57. The van der Waals surface area contributed by atoms with Gasteiger partial charge >= 0.3 is 11.9 Å². The number of methoxy groups -OCH3 is 2. The number of para-hydroxylation sites is 2. The van der Waals surface area contributed by atoms with Gasteiger partial charge in [0.25, 0.3) is 0 Å². The lowest BCUT2D eigenvalue weighted by Crippen LogP contribution is -2.29. The third-order valence-corrected chi connectivity index (χ3v) is 16.5. The van der Waals surface area contributed by atoms with E-state index in [1.54, 1.807) is 95.3 Å². The number of fused-ring (bicyclic) bond motifs is 2. The summed E-state index contributed by atoms with van der Waals surface area (Å²) in [6.45, 7) is 16.2. The molecule has 0 radical (unpaired) electrons. The Balaban J connectivity index is 0.000000278. The number of esters is 2. The van der Waals surface area contributed by atoms with Crippen molar-refractivity contribution in [3.63, 3.8) is 0 Å². The van der Waals surface area contributed by atoms with E-state index in [0.29, 0.717) is 80.3 Å². The van der Waals surface area contributed by atoms with Gasteiger partial charge in [0.2, 0.25) is 37.9 Å². The number of nitrogens with one attached hydrogen (secondary N) is 3. The number of rotatable bonds is 24. The summed E-state index contributed by atoms with van der Waals surface area (Å²) in [5, 5.41) is 10.8. The molecule has 0 aliphatic rings. The number of anilines is 8. The van der Waals surface area contributed by atoms with Crippen LogP contribution >= 0.6 is 34.8 Å². The molecule has 4 aromatic heterocycles. The zero-order valence-electron chi connectivity index (χ0n) is 52.1. The summed E-state index contributed by atoms with van der Waals surface area (Å²) in [5.41, 5.74) is 14.0. The summed E-state index contributed by atoms with van der Waals surface area (Å²) >= 11 is 14.4. The van der Waals surface area contributed by atoms with Crippen LogP contribution in [-0.2, 0) is 39.2 Å². The van der Waals surface area contributed by atoms with Gasteiger partial charge in [0.15, 0.2) is 4.30 Å². The number of hydrogen-bond donors (Lipinski definition) is 4. The lowest BCUT2D eigenvalue weighted by molar-refractivity contribution is -0.152. The fourth-order valence-corrected chi connectivity index (χ4v) is 10.6. The lowest BCUT2D eigenvalue weighted by atomic mass is 10.1. The molecule has 0 fully saturated rings. The standard InChI is InChI=1S/C29H35N7O4S.C26H33N7O3S.C6H6O3.CHCl3/c1-7-28(37)31-23-17-24(27(40-6)18-26(23)35(5)16-15-34(3)4)33-29-30-14-13-22(32-29)21-19-36(41(38,39)8-2)25-12-10-9-11-20(21)25;1-6-37(34,35)33-17-19(18-9-7-8-10-23(18)33)21-11-12-28-26(29-21)30-22-15-20(27)24(16-25(22)36-5)32(4)14-13-31(2)3;1-3-5(7)9-6(8)4-2;2-1(3)4/h7,9-14,17-19H,1,8,15-16H2,2-6H3,(H,31,37)(H,30,32,33);7-12,15-17H,6,13-14,27H2,1-5H3,(H,28,29,30);3-4H,1-2H2;1H. The summed E-state index contributed by atoms with van der Waals surface area (Å²) in [6.07, 6.45) is 9.46. The maximum atomic E-state index is 12.8. The van der Waals surface area contributed by atoms with E-state index in [2.05, 4.69) is 70.1 Å². The van der Waals surface area contributed by atoms with Gasteiger partial charge in [-0.1, -0.05) is 90.9 Å². The van der Waals surface area contributed by atoms with Crippen LogP contribution in [0.25, 0.3) is 44.3 Å². The Hall–Kier alpha value is -8.76. The fraction of sp³-hybridized carbons (Fsp3) is 0.274. The Kier molecular flexibility index (Phi) is 27.2. The molecule has 8 aromatic rings.